The van der Waals surface area contributed by atoms with Gasteiger partial charge in [0.05, 0.1) is 24.5 Å². The summed E-state index contributed by atoms with van der Waals surface area (Å²) in [4.78, 5) is 9.68. The summed E-state index contributed by atoms with van der Waals surface area (Å²) in [5, 5.41) is 31.7. The third-order valence-corrected chi connectivity index (χ3v) is 5.64. The quantitative estimate of drug-likeness (QED) is 0.403. The van der Waals surface area contributed by atoms with Crippen molar-refractivity contribution >= 4 is 7.60 Å². The zero-order valence-electron chi connectivity index (χ0n) is 9.97. The summed E-state index contributed by atoms with van der Waals surface area (Å²) < 4.78 is 16.7. The summed E-state index contributed by atoms with van der Waals surface area (Å²) in [5.41, 5.74) is -0.527. The Morgan fingerprint density at radius 2 is 2.00 bits per heavy atom. The first-order valence-corrected chi connectivity index (χ1v) is 7.81. The Labute approximate surface area is 105 Å². The van der Waals surface area contributed by atoms with Crippen LogP contribution in [0.3, 0.4) is 0 Å². The molecule has 106 valence electrons. The summed E-state index contributed by atoms with van der Waals surface area (Å²) in [6.45, 7) is 0.443. The first kappa shape index (κ1) is 14.4. The highest BCUT2D eigenvalue weighted by molar-refractivity contribution is 7.53. The third-order valence-electron chi connectivity index (χ3n) is 3.69. The van der Waals surface area contributed by atoms with Gasteiger partial charge in [-0.25, -0.2) is 0 Å². The van der Waals surface area contributed by atoms with E-state index in [-0.39, 0.29) is 19.6 Å². The smallest absolute Gasteiger partial charge is 0.331 e. The van der Waals surface area contributed by atoms with Crippen LogP contribution in [0.15, 0.2) is 0 Å². The molecule has 2 heterocycles. The van der Waals surface area contributed by atoms with Crippen LogP contribution >= 0.6 is 7.60 Å². The molecule has 7 nitrogen and oxygen atoms in total. The van der Waals surface area contributed by atoms with Crippen molar-refractivity contribution in [2.75, 3.05) is 13.2 Å². The molecule has 0 radical (unpaired) electrons. The Morgan fingerprint density at radius 1 is 1.28 bits per heavy atom. The molecule has 2 aliphatic heterocycles. The molecule has 0 amide bonds. The van der Waals surface area contributed by atoms with Gasteiger partial charge in [-0.2, -0.15) is 0 Å². The molecule has 2 rings (SSSR count). The van der Waals surface area contributed by atoms with Crippen LogP contribution in [-0.4, -0.2) is 63.4 Å². The zero-order chi connectivity index (χ0) is 13.3. The molecule has 2 aliphatic rings. The van der Waals surface area contributed by atoms with Crippen molar-refractivity contribution in [2.24, 2.45) is 0 Å². The van der Waals surface area contributed by atoms with Gasteiger partial charge in [-0.05, 0) is 19.3 Å². The van der Waals surface area contributed by atoms with Crippen LogP contribution in [0.1, 0.15) is 19.3 Å². The normalized spacial score (nSPS) is 50.1. The molecule has 5 N–H and O–H groups in total. The van der Waals surface area contributed by atoms with Crippen LogP contribution in [0.25, 0.3) is 0 Å². The fraction of sp³-hybridized carbons (Fsp3) is 1.00. The van der Waals surface area contributed by atoms with E-state index in [9.17, 15) is 24.8 Å². The van der Waals surface area contributed by atoms with E-state index in [1.54, 1.807) is 0 Å². The number of hydrogen-bond acceptors (Lipinski definition) is 6. The number of rotatable bonds is 2. The molecule has 0 aromatic carbocycles. The highest BCUT2D eigenvalue weighted by atomic mass is 31.2. The van der Waals surface area contributed by atoms with Gasteiger partial charge in [0, 0.05) is 12.6 Å². The standard InChI is InChI=1S/C10H20NO6P/c12-8-5-11-7(9(13)10(8)14)4-6-2-1-3-17-18(6,15)16/h6-14H,1-5H2,(H,15,16)/t6?,7-,8-,9-,10-/m1/s1. The predicted octanol–water partition coefficient (Wildman–Crippen LogP) is -1.20. The van der Waals surface area contributed by atoms with E-state index < -0.39 is 37.6 Å². The topological polar surface area (TPSA) is 119 Å². The van der Waals surface area contributed by atoms with Crippen molar-refractivity contribution in [3.63, 3.8) is 0 Å². The van der Waals surface area contributed by atoms with Gasteiger partial charge in [0.1, 0.15) is 6.10 Å². The second-order valence-corrected chi connectivity index (χ2v) is 7.11. The molecule has 0 saturated carbocycles. The van der Waals surface area contributed by atoms with Gasteiger partial charge in [0.25, 0.3) is 0 Å². The Morgan fingerprint density at radius 3 is 2.67 bits per heavy atom. The largest absolute Gasteiger partial charge is 0.389 e. The van der Waals surface area contributed by atoms with E-state index in [2.05, 4.69) is 5.32 Å². The van der Waals surface area contributed by atoms with Gasteiger partial charge < -0.3 is 30.1 Å². The molecule has 6 atom stereocenters. The maximum absolute atomic E-state index is 11.8. The Kier molecular flexibility index (Phi) is 4.44. The maximum atomic E-state index is 11.8. The van der Waals surface area contributed by atoms with Crippen LogP contribution in [0, 0.1) is 0 Å². The highest BCUT2D eigenvalue weighted by Gasteiger charge is 2.42. The minimum absolute atomic E-state index is 0.159. The van der Waals surface area contributed by atoms with Crippen LogP contribution in [0.2, 0.25) is 0 Å². The zero-order valence-corrected chi connectivity index (χ0v) is 10.9. The lowest BCUT2D eigenvalue weighted by Gasteiger charge is -2.38. The van der Waals surface area contributed by atoms with E-state index in [1.165, 1.54) is 0 Å². The Hall–Kier alpha value is -0.0100. The summed E-state index contributed by atoms with van der Waals surface area (Å²) in [5.74, 6) is 0. The van der Waals surface area contributed by atoms with E-state index in [1.807, 2.05) is 0 Å². The van der Waals surface area contributed by atoms with Gasteiger partial charge in [0.15, 0.2) is 0 Å². The van der Waals surface area contributed by atoms with Gasteiger partial charge in [-0.1, -0.05) is 0 Å². The second kappa shape index (κ2) is 5.54. The fourth-order valence-electron chi connectivity index (χ4n) is 2.53. The van der Waals surface area contributed by atoms with Crippen molar-refractivity contribution < 1.29 is 29.3 Å². The lowest BCUT2D eigenvalue weighted by Crippen LogP contribution is -2.60. The first-order valence-electron chi connectivity index (χ1n) is 6.16. The summed E-state index contributed by atoms with van der Waals surface area (Å²) >= 11 is 0. The molecular formula is C10H20NO6P. The molecule has 18 heavy (non-hydrogen) atoms. The molecule has 0 aliphatic carbocycles. The van der Waals surface area contributed by atoms with Crippen molar-refractivity contribution in [2.45, 2.75) is 49.3 Å². The maximum Gasteiger partial charge on any atom is 0.331 e. The lowest BCUT2D eigenvalue weighted by atomic mass is 9.92. The summed E-state index contributed by atoms with van der Waals surface area (Å²) in [7, 11) is -3.62. The third kappa shape index (κ3) is 2.93. The average molecular weight is 281 g/mol. The average Bonchev–Trinajstić information content (AvgIpc) is 2.32. The van der Waals surface area contributed by atoms with Crippen LogP contribution in [0.4, 0.5) is 0 Å². The van der Waals surface area contributed by atoms with Gasteiger partial charge in [0.2, 0.25) is 0 Å². The van der Waals surface area contributed by atoms with Crippen LogP contribution in [0.5, 0.6) is 0 Å². The number of β-amino-alcohol motifs (C(OH)–C–C–N with tert-alkyl or cyclic N) is 1. The van der Waals surface area contributed by atoms with E-state index in [0.29, 0.717) is 12.8 Å². The van der Waals surface area contributed by atoms with Crippen molar-refractivity contribution in [3.05, 3.63) is 0 Å². The van der Waals surface area contributed by atoms with E-state index in [4.69, 9.17) is 4.52 Å². The van der Waals surface area contributed by atoms with E-state index >= 15 is 0 Å². The fourth-order valence-corrected chi connectivity index (χ4v) is 4.13. The molecule has 0 spiro atoms. The van der Waals surface area contributed by atoms with Crippen LogP contribution < -0.4 is 5.32 Å². The first-order chi connectivity index (χ1) is 8.42. The number of aliphatic hydroxyl groups is 3. The molecule has 0 aromatic heterocycles. The minimum atomic E-state index is -3.62. The molecule has 8 heteroatoms. The predicted molar refractivity (Wildman–Crippen MR) is 63.2 cm³/mol. The Balaban J connectivity index is 1.98. The number of aliphatic hydroxyl groups excluding tert-OH is 3. The van der Waals surface area contributed by atoms with Crippen LogP contribution in [-0.2, 0) is 9.09 Å². The van der Waals surface area contributed by atoms with Gasteiger partial charge in [-0.15, -0.1) is 0 Å². The van der Waals surface area contributed by atoms with Crippen molar-refractivity contribution in [1.29, 1.82) is 0 Å². The molecule has 2 unspecified atom stereocenters. The Bertz CT molecular complexity index is 340. The molecule has 2 fully saturated rings. The monoisotopic (exact) mass is 281 g/mol. The highest BCUT2D eigenvalue weighted by Crippen LogP contribution is 2.54. The minimum Gasteiger partial charge on any atom is -0.389 e. The second-order valence-electron chi connectivity index (χ2n) is 4.99. The SMILES string of the molecule is O=P1(O)OCCCC1C[C@H]1NC[C@@H](O)[C@@H](O)[C@@H]1O. The van der Waals surface area contributed by atoms with E-state index in [0.717, 1.165) is 0 Å². The molecule has 0 aromatic rings. The summed E-state index contributed by atoms with van der Waals surface area (Å²) in [6, 6.07) is -0.504. The van der Waals surface area contributed by atoms with Crippen molar-refractivity contribution in [3.8, 4) is 0 Å². The van der Waals surface area contributed by atoms with Gasteiger partial charge in [-0.3, -0.25) is 4.57 Å². The summed E-state index contributed by atoms with van der Waals surface area (Å²) in [6.07, 6.45) is -1.85. The molecular weight excluding hydrogens is 261 g/mol. The number of piperidine rings is 1. The number of nitrogens with one attached hydrogen (secondary N) is 1. The molecule has 2 saturated heterocycles. The number of hydrogen-bond donors (Lipinski definition) is 5. The van der Waals surface area contributed by atoms with Crippen molar-refractivity contribution in [1.82, 2.24) is 5.32 Å². The van der Waals surface area contributed by atoms with Gasteiger partial charge >= 0.3 is 7.60 Å². The lowest BCUT2D eigenvalue weighted by molar-refractivity contribution is -0.0954. The molecule has 0 bridgehead atoms.